The van der Waals surface area contributed by atoms with Crippen molar-refractivity contribution in [3.8, 4) is 0 Å². The van der Waals surface area contributed by atoms with Crippen LogP contribution in [0.4, 0.5) is 5.13 Å². The van der Waals surface area contributed by atoms with Crippen molar-refractivity contribution in [1.29, 1.82) is 0 Å². The molecule has 0 radical (unpaired) electrons. The van der Waals surface area contributed by atoms with Gasteiger partial charge in [-0.15, -0.1) is 21.5 Å². The average Bonchev–Trinajstić information content (AvgIpc) is 2.93. The van der Waals surface area contributed by atoms with Gasteiger partial charge in [0.25, 0.3) is 10.0 Å². The molecule has 0 amide bonds. The van der Waals surface area contributed by atoms with Crippen LogP contribution in [0, 0.1) is 6.92 Å². The Morgan fingerprint density at radius 2 is 2.20 bits per heavy atom. The summed E-state index contributed by atoms with van der Waals surface area (Å²) >= 11 is 2.44. The van der Waals surface area contributed by atoms with Crippen LogP contribution in [0.3, 0.4) is 0 Å². The van der Waals surface area contributed by atoms with E-state index in [1.807, 2.05) is 5.38 Å². The van der Waals surface area contributed by atoms with E-state index in [2.05, 4.69) is 20.2 Å². The molecular formula is C11H14N4O2S3. The van der Waals surface area contributed by atoms with Crippen molar-refractivity contribution >= 4 is 37.8 Å². The summed E-state index contributed by atoms with van der Waals surface area (Å²) in [5, 5.41) is 13.8. The molecule has 1 saturated carbocycles. The molecular weight excluding hydrogens is 316 g/mol. The third-order valence-corrected chi connectivity index (χ3v) is 6.53. The normalized spacial score (nSPS) is 15.4. The highest BCUT2D eigenvalue weighted by atomic mass is 32.2. The van der Waals surface area contributed by atoms with Crippen molar-refractivity contribution in [3.63, 3.8) is 0 Å². The highest BCUT2D eigenvalue weighted by Crippen LogP contribution is 2.25. The van der Waals surface area contributed by atoms with Gasteiger partial charge in [-0.1, -0.05) is 11.3 Å². The van der Waals surface area contributed by atoms with Gasteiger partial charge in [0.15, 0.2) is 0 Å². The lowest BCUT2D eigenvalue weighted by Gasteiger charge is -2.01. The second kappa shape index (κ2) is 5.40. The zero-order valence-corrected chi connectivity index (χ0v) is 13.2. The summed E-state index contributed by atoms with van der Waals surface area (Å²) in [5.74, 6) is 0. The maximum Gasteiger partial charge on any atom is 0.273 e. The van der Waals surface area contributed by atoms with E-state index in [9.17, 15) is 8.42 Å². The van der Waals surface area contributed by atoms with Gasteiger partial charge in [-0.3, -0.25) is 4.72 Å². The summed E-state index contributed by atoms with van der Waals surface area (Å²) in [5.41, 5.74) is 0.996. The van der Waals surface area contributed by atoms with Crippen molar-refractivity contribution in [2.24, 2.45) is 0 Å². The van der Waals surface area contributed by atoms with Crippen LogP contribution in [0.5, 0.6) is 0 Å². The zero-order valence-electron chi connectivity index (χ0n) is 10.8. The lowest BCUT2D eigenvalue weighted by atomic mass is 10.3. The molecule has 0 atom stereocenters. The summed E-state index contributed by atoms with van der Waals surface area (Å²) in [7, 11) is -3.55. The van der Waals surface area contributed by atoms with E-state index < -0.39 is 10.0 Å². The van der Waals surface area contributed by atoms with E-state index in [1.54, 1.807) is 13.0 Å². The Kier molecular flexibility index (Phi) is 3.76. The number of nitrogens with one attached hydrogen (secondary N) is 2. The first-order valence-electron chi connectivity index (χ1n) is 6.17. The second-order valence-corrected chi connectivity index (χ2v) is 8.66. The fourth-order valence-corrected chi connectivity index (χ4v) is 4.67. The van der Waals surface area contributed by atoms with E-state index in [0.29, 0.717) is 21.9 Å². The van der Waals surface area contributed by atoms with Crippen LogP contribution in [0.2, 0.25) is 0 Å². The second-order valence-electron chi connectivity index (χ2n) is 4.66. The molecule has 0 spiro atoms. The number of rotatable bonds is 6. The third-order valence-electron chi connectivity index (χ3n) is 2.81. The minimum Gasteiger partial charge on any atom is -0.310 e. The van der Waals surface area contributed by atoms with Crippen molar-refractivity contribution in [2.75, 3.05) is 4.72 Å². The van der Waals surface area contributed by atoms with Crippen LogP contribution in [0.1, 0.15) is 23.4 Å². The van der Waals surface area contributed by atoms with E-state index in [-0.39, 0.29) is 0 Å². The molecule has 1 fully saturated rings. The maximum absolute atomic E-state index is 12.2. The molecule has 108 valence electrons. The fourth-order valence-electron chi connectivity index (χ4n) is 1.64. The van der Waals surface area contributed by atoms with E-state index in [4.69, 9.17) is 0 Å². The lowest BCUT2D eigenvalue weighted by Crippen LogP contribution is -2.15. The molecule has 0 saturated heterocycles. The van der Waals surface area contributed by atoms with Gasteiger partial charge in [0.1, 0.15) is 9.22 Å². The van der Waals surface area contributed by atoms with Crippen molar-refractivity contribution in [2.45, 2.75) is 36.6 Å². The number of hydrogen-bond donors (Lipinski definition) is 2. The number of hydrogen-bond acceptors (Lipinski definition) is 7. The molecule has 2 heterocycles. The monoisotopic (exact) mass is 330 g/mol. The fraction of sp³-hybridized carbons (Fsp3) is 0.455. The predicted octanol–water partition coefficient (Wildman–Crippen LogP) is 1.96. The first-order chi connectivity index (χ1) is 9.53. The molecule has 0 bridgehead atoms. The van der Waals surface area contributed by atoms with Gasteiger partial charge in [0.05, 0.1) is 0 Å². The number of thiophene rings is 1. The minimum absolute atomic E-state index is 0.300. The van der Waals surface area contributed by atoms with Crippen molar-refractivity contribution in [3.05, 3.63) is 22.0 Å². The quantitative estimate of drug-likeness (QED) is 0.846. The Balaban J connectivity index is 1.69. The van der Waals surface area contributed by atoms with Crippen molar-refractivity contribution in [1.82, 2.24) is 15.5 Å². The number of nitrogens with zero attached hydrogens (tertiary/aromatic N) is 2. The zero-order chi connectivity index (χ0) is 14.2. The minimum atomic E-state index is -3.55. The Morgan fingerprint density at radius 1 is 1.40 bits per heavy atom. The van der Waals surface area contributed by atoms with Gasteiger partial charge in [0, 0.05) is 12.6 Å². The highest BCUT2D eigenvalue weighted by molar-refractivity contribution is 7.94. The first-order valence-corrected chi connectivity index (χ1v) is 9.34. The molecule has 2 N–H and O–H groups in total. The molecule has 0 aliphatic heterocycles. The van der Waals surface area contributed by atoms with Crippen LogP contribution in [0.25, 0.3) is 0 Å². The summed E-state index contributed by atoms with van der Waals surface area (Å²) in [6.07, 6.45) is 2.43. The largest absolute Gasteiger partial charge is 0.310 e. The number of sulfonamides is 1. The summed E-state index contributed by atoms with van der Waals surface area (Å²) in [4.78, 5) is 0. The highest BCUT2D eigenvalue weighted by Gasteiger charge is 2.22. The van der Waals surface area contributed by atoms with Gasteiger partial charge in [0.2, 0.25) is 5.13 Å². The molecule has 20 heavy (non-hydrogen) atoms. The van der Waals surface area contributed by atoms with Crippen LogP contribution >= 0.6 is 22.7 Å². The van der Waals surface area contributed by atoms with E-state index in [0.717, 1.165) is 10.6 Å². The van der Waals surface area contributed by atoms with Gasteiger partial charge in [-0.2, -0.15) is 0 Å². The predicted molar refractivity (Wildman–Crippen MR) is 79.6 cm³/mol. The maximum atomic E-state index is 12.2. The SMILES string of the molecule is Cc1nnc(NS(=O)(=O)c2cc(CNC3CC3)cs2)s1. The molecule has 0 unspecified atom stereocenters. The summed E-state index contributed by atoms with van der Waals surface area (Å²) in [6.45, 7) is 2.50. The van der Waals surface area contributed by atoms with Crippen LogP contribution in [0.15, 0.2) is 15.7 Å². The Hall–Kier alpha value is -1.03. The smallest absolute Gasteiger partial charge is 0.273 e. The summed E-state index contributed by atoms with van der Waals surface area (Å²) < 4.78 is 27.1. The first kappa shape index (κ1) is 13.9. The molecule has 9 heteroatoms. The van der Waals surface area contributed by atoms with Crippen LogP contribution < -0.4 is 10.0 Å². The molecule has 0 aromatic carbocycles. The van der Waals surface area contributed by atoms with Crippen molar-refractivity contribution < 1.29 is 8.42 Å². The van der Waals surface area contributed by atoms with Crippen LogP contribution in [-0.4, -0.2) is 24.7 Å². The number of aromatic nitrogens is 2. The van der Waals surface area contributed by atoms with E-state index in [1.165, 1.54) is 35.5 Å². The lowest BCUT2D eigenvalue weighted by molar-refractivity contribution is 0.603. The Bertz CT molecular complexity index is 703. The average molecular weight is 330 g/mol. The van der Waals surface area contributed by atoms with Gasteiger partial charge >= 0.3 is 0 Å². The van der Waals surface area contributed by atoms with Gasteiger partial charge in [-0.25, -0.2) is 8.42 Å². The summed E-state index contributed by atoms with van der Waals surface area (Å²) in [6, 6.07) is 2.31. The Labute approximate surface area is 125 Å². The number of aryl methyl sites for hydroxylation is 1. The molecule has 1 aliphatic rings. The molecule has 2 aromatic heterocycles. The van der Waals surface area contributed by atoms with Gasteiger partial charge in [-0.05, 0) is 36.8 Å². The molecule has 2 aromatic rings. The molecule has 6 nitrogen and oxygen atoms in total. The number of anilines is 1. The van der Waals surface area contributed by atoms with E-state index >= 15 is 0 Å². The standard InChI is InChI=1S/C11H14N4O2S3/c1-7-13-14-11(19-7)15-20(16,17)10-4-8(6-18-10)5-12-9-2-3-9/h4,6,9,12H,2-3,5H2,1H3,(H,14,15). The molecule has 3 rings (SSSR count). The Morgan fingerprint density at radius 3 is 2.85 bits per heavy atom. The third kappa shape index (κ3) is 3.35. The van der Waals surface area contributed by atoms with Crippen LogP contribution in [-0.2, 0) is 16.6 Å². The topological polar surface area (TPSA) is 84.0 Å². The molecule has 1 aliphatic carbocycles. The van der Waals surface area contributed by atoms with Gasteiger partial charge < -0.3 is 5.32 Å².